The Balaban J connectivity index is 1.97. The lowest BCUT2D eigenvalue weighted by atomic mass is 10.3. The van der Waals surface area contributed by atoms with Crippen molar-refractivity contribution < 1.29 is 9.18 Å². The van der Waals surface area contributed by atoms with E-state index < -0.39 is 5.82 Å². The van der Waals surface area contributed by atoms with Gasteiger partial charge in [-0.05, 0) is 31.1 Å². The van der Waals surface area contributed by atoms with E-state index in [-0.39, 0.29) is 23.5 Å². The second-order valence-electron chi connectivity index (χ2n) is 4.64. The van der Waals surface area contributed by atoms with E-state index in [2.05, 4.69) is 10.3 Å². The number of carbonyl (C=O) groups excluding carboxylic acids is 1. The molecule has 0 aliphatic heterocycles. The molecule has 1 amide bonds. The fourth-order valence-electron chi connectivity index (χ4n) is 1.95. The minimum atomic E-state index is -0.528. The lowest BCUT2D eigenvalue weighted by Gasteiger charge is -2.05. The van der Waals surface area contributed by atoms with E-state index in [1.165, 1.54) is 12.1 Å². The van der Waals surface area contributed by atoms with Crippen molar-refractivity contribution in [3.05, 3.63) is 27.7 Å². The number of aromatic amines is 1. The Morgan fingerprint density at radius 3 is 3.00 bits per heavy atom. The summed E-state index contributed by atoms with van der Waals surface area (Å²) >= 11 is 10.9. The highest BCUT2D eigenvalue weighted by Crippen LogP contribution is 2.23. The number of H-pyrrole nitrogens is 1. The van der Waals surface area contributed by atoms with Crippen molar-refractivity contribution in [2.45, 2.75) is 25.4 Å². The first kappa shape index (κ1) is 12.6. The summed E-state index contributed by atoms with van der Waals surface area (Å²) in [4.78, 5) is 14.7. The van der Waals surface area contributed by atoms with E-state index in [9.17, 15) is 9.18 Å². The Kier molecular flexibility index (Phi) is 3.06. The van der Waals surface area contributed by atoms with Crippen molar-refractivity contribution in [3.8, 4) is 0 Å². The van der Waals surface area contributed by atoms with Crippen LogP contribution in [0, 0.1) is 10.6 Å². The van der Waals surface area contributed by atoms with Gasteiger partial charge >= 0.3 is 0 Å². The molecule has 0 radical (unpaired) electrons. The predicted molar refractivity (Wildman–Crippen MR) is 73.3 cm³/mol. The summed E-state index contributed by atoms with van der Waals surface area (Å²) in [6.45, 7) is 0.0798. The van der Waals surface area contributed by atoms with Crippen molar-refractivity contribution in [2.75, 3.05) is 0 Å². The topological polar surface area (TPSA) is 49.8 Å². The van der Waals surface area contributed by atoms with Gasteiger partial charge in [0.1, 0.15) is 12.4 Å². The van der Waals surface area contributed by atoms with Gasteiger partial charge in [0, 0.05) is 12.1 Å². The molecule has 100 valence electrons. The molecule has 3 rings (SSSR count). The molecule has 1 heterocycles. The molecule has 4 nitrogen and oxygen atoms in total. The van der Waals surface area contributed by atoms with Crippen LogP contribution < -0.4 is 5.32 Å². The summed E-state index contributed by atoms with van der Waals surface area (Å²) in [5.74, 6) is -0.644. The number of carbonyl (C=O) groups is 1. The molecule has 1 aliphatic rings. The molecular formula is C12H11ClFN3OS. The zero-order valence-electron chi connectivity index (χ0n) is 9.87. The highest BCUT2D eigenvalue weighted by Gasteiger charge is 2.23. The van der Waals surface area contributed by atoms with Gasteiger partial charge < -0.3 is 14.9 Å². The molecule has 0 bridgehead atoms. The van der Waals surface area contributed by atoms with Crippen LogP contribution in [0.4, 0.5) is 4.39 Å². The third-order valence-electron chi connectivity index (χ3n) is 3.06. The molecule has 19 heavy (non-hydrogen) atoms. The zero-order valence-corrected chi connectivity index (χ0v) is 11.4. The molecule has 1 aromatic carbocycles. The van der Waals surface area contributed by atoms with Crippen LogP contribution in [0.2, 0.25) is 5.02 Å². The van der Waals surface area contributed by atoms with Crippen LogP contribution >= 0.6 is 23.8 Å². The highest BCUT2D eigenvalue weighted by atomic mass is 35.5. The predicted octanol–water partition coefficient (Wildman–Crippen LogP) is 2.77. The number of rotatable bonds is 3. The second kappa shape index (κ2) is 4.61. The zero-order chi connectivity index (χ0) is 13.6. The number of nitrogens with one attached hydrogen (secondary N) is 2. The first-order valence-corrected chi connectivity index (χ1v) is 6.70. The lowest BCUT2D eigenvalue weighted by Crippen LogP contribution is -2.29. The van der Waals surface area contributed by atoms with Crippen LogP contribution in [-0.4, -0.2) is 21.5 Å². The average Bonchev–Trinajstić information content (AvgIpc) is 3.09. The number of hydrogen-bond donors (Lipinski definition) is 2. The minimum absolute atomic E-state index is 0.0262. The number of halogens is 2. The summed E-state index contributed by atoms with van der Waals surface area (Å²) < 4.78 is 15.5. The Bertz CT molecular complexity index is 720. The minimum Gasteiger partial charge on any atom is -0.352 e. The summed E-state index contributed by atoms with van der Waals surface area (Å²) in [5.41, 5.74) is 1.16. The monoisotopic (exact) mass is 299 g/mol. The van der Waals surface area contributed by atoms with Gasteiger partial charge in [-0.3, -0.25) is 4.79 Å². The van der Waals surface area contributed by atoms with E-state index in [1.807, 2.05) is 0 Å². The van der Waals surface area contributed by atoms with Crippen LogP contribution in [0.25, 0.3) is 11.0 Å². The summed E-state index contributed by atoms with van der Waals surface area (Å²) in [6, 6.07) is 3.05. The molecule has 0 unspecified atom stereocenters. The van der Waals surface area contributed by atoms with Gasteiger partial charge in [-0.2, -0.15) is 0 Å². The van der Waals surface area contributed by atoms with Crippen LogP contribution in [0.5, 0.6) is 0 Å². The Morgan fingerprint density at radius 2 is 2.32 bits per heavy atom. The average molecular weight is 300 g/mol. The Labute approximate surface area is 118 Å². The van der Waals surface area contributed by atoms with Crippen molar-refractivity contribution in [1.82, 2.24) is 14.9 Å². The van der Waals surface area contributed by atoms with Gasteiger partial charge in [0.05, 0.1) is 16.1 Å². The van der Waals surface area contributed by atoms with Gasteiger partial charge in [-0.15, -0.1) is 0 Å². The number of aromatic nitrogens is 2. The molecule has 0 atom stereocenters. The molecule has 1 aromatic heterocycles. The molecule has 2 aromatic rings. The van der Waals surface area contributed by atoms with Crippen molar-refractivity contribution >= 4 is 40.8 Å². The smallest absolute Gasteiger partial charge is 0.240 e. The van der Waals surface area contributed by atoms with Crippen LogP contribution in [0.15, 0.2) is 12.1 Å². The number of fused-ring (bicyclic) bond motifs is 1. The van der Waals surface area contributed by atoms with E-state index >= 15 is 0 Å². The maximum Gasteiger partial charge on any atom is 0.240 e. The Morgan fingerprint density at radius 1 is 1.58 bits per heavy atom. The largest absolute Gasteiger partial charge is 0.352 e. The number of amides is 1. The van der Waals surface area contributed by atoms with Crippen molar-refractivity contribution in [2.24, 2.45) is 0 Å². The van der Waals surface area contributed by atoms with Gasteiger partial charge in [-0.1, -0.05) is 11.6 Å². The molecule has 1 saturated carbocycles. The lowest BCUT2D eigenvalue weighted by molar-refractivity contribution is -0.121. The summed E-state index contributed by atoms with van der Waals surface area (Å²) in [6.07, 6.45) is 2.05. The van der Waals surface area contributed by atoms with Crippen molar-refractivity contribution in [1.29, 1.82) is 0 Å². The first-order chi connectivity index (χ1) is 9.04. The van der Waals surface area contributed by atoms with Gasteiger partial charge in [0.25, 0.3) is 0 Å². The van der Waals surface area contributed by atoms with Crippen LogP contribution in [0.1, 0.15) is 12.8 Å². The molecule has 0 saturated heterocycles. The third-order valence-corrected chi connectivity index (χ3v) is 3.67. The van der Waals surface area contributed by atoms with E-state index in [0.29, 0.717) is 15.8 Å². The fourth-order valence-corrected chi connectivity index (χ4v) is 2.39. The van der Waals surface area contributed by atoms with E-state index in [0.717, 1.165) is 12.8 Å². The first-order valence-electron chi connectivity index (χ1n) is 5.91. The van der Waals surface area contributed by atoms with Gasteiger partial charge in [0.15, 0.2) is 4.77 Å². The quantitative estimate of drug-likeness (QED) is 0.856. The fraction of sp³-hybridized carbons (Fsp3) is 0.333. The number of hydrogen-bond acceptors (Lipinski definition) is 2. The second-order valence-corrected chi connectivity index (χ2v) is 5.44. The maximum atomic E-state index is 13.5. The van der Waals surface area contributed by atoms with Gasteiger partial charge in [-0.25, -0.2) is 4.39 Å². The van der Waals surface area contributed by atoms with Crippen LogP contribution in [0.3, 0.4) is 0 Å². The highest BCUT2D eigenvalue weighted by molar-refractivity contribution is 7.71. The molecule has 7 heteroatoms. The molecule has 1 aliphatic carbocycles. The summed E-state index contributed by atoms with van der Waals surface area (Å²) in [7, 11) is 0. The van der Waals surface area contributed by atoms with E-state index in [1.54, 1.807) is 4.57 Å². The van der Waals surface area contributed by atoms with Crippen molar-refractivity contribution in [3.63, 3.8) is 0 Å². The maximum absolute atomic E-state index is 13.5. The number of benzene rings is 1. The van der Waals surface area contributed by atoms with E-state index in [4.69, 9.17) is 23.8 Å². The van der Waals surface area contributed by atoms with Gasteiger partial charge in [0.2, 0.25) is 5.91 Å². The number of nitrogens with zero attached hydrogens (tertiary/aromatic N) is 1. The Hall–Kier alpha value is -1.40. The molecular weight excluding hydrogens is 289 g/mol. The standard InChI is InChI=1S/C12H11ClFN3OS/c13-7-3-9-10(4-8(7)14)17(12(19)16-9)5-11(18)15-6-1-2-6/h3-4,6H,1-2,5H2,(H,15,18)(H,16,19). The molecule has 2 N–H and O–H groups in total. The molecule has 1 fully saturated rings. The summed E-state index contributed by atoms with van der Waals surface area (Å²) in [5, 5.41) is 2.90. The normalized spacial score (nSPS) is 14.8. The SMILES string of the molecule is O=C(Cn1c(=S)[nH]c2cc(Cl)c(F)cc21)NC1CC1. The van der Waals surface area contributed by atoms with Crippen LogP contribution in [-0.2, 0) is 11.3 Å². The number of imidazole rings is 1. The third kappa shape index (κ3) is 2.50. The molecule has 0 spiro atoms.